The van der Waals surface area contributed by atoms with Crippen LogP contribution in [0, 0.1) is 0 Å². The number of alkyl halides is 1. The average molecular weight is 222 g/mol. The Labute approximate surface area is 72.9 Å². The van der Waals surface area contributed by atoms with Crippen LogP contribution in [0.25, 0.3) is 0 Å². The van der Waals surface area contributed by atoms with Crippen molar-refractivity contribution < 1.29 is 8.81 Å². The molecule has 0 radical (unpaired) electrons. The predicted molar refractivity (Wildman–Crippen MR) is 44.2 cm³/mol. The minimum atomic E-state index is -1.06. The van der Waals surface area contributed by atoms with E-state index in [1.807, 2.05) is 0 Å². The topological polar surface area (TPSA) is 25.2 Å². The minimum Gasteiger partial charge on any atom is -0.451 e. The molecular weight excluding hydrogens is 213 g/mol. The summed E-state index contributed by atoms with van der Waals surface area (Å²) < 4.78 is 18.5. The van der Waals surface area contributed by atoms with E-state index in [1.165, 1.54) is 0 Å². The lowest BCUT2D eigenvalue weighted by Gasteiger charge is -2.01. The van der Waals surface area contributed by atoms with Crippen molar-refractivity contribution in [3.8, 4) is 0 Å². The zero-order valence-electron chi connectivity index (χ0n) is 6.10. The third-order valence-electron chi connectivity index (χ3n) is 1.29. The summed E-state index contributed by atoms with van der Waals surface area (Å²) in [5, 5.41) is 2.72. The van der Waals surface area contributed by atoms with E-state index in [0.29, 0.717) is 10.4 Å². The highest BCUT2D eigenvalue weighted by Crippen LogP contribution is 2.22. The van der Waals surface area contributed by atoms with Gasteiger partial charge in [0.1, 0.15) is 5.76 Å². The fourth-order valence-corrected chi connectivity index (χ4v) is 1.10. The number of furan rings is 1. The summed E-state index contributed by atoms with van der Waals surface area (Å²) in [4.78, 5) is 0. The second kappa shape index (κ2) is 3.88. The Balaban J connectivity index is 2.60. The third kappa shape index (κ3) is 2.31. The normalized spacial score (nSPS) is 13.4. The molecule has 0 bridgehead atoms. The van der Waals surface area contributed by atoms with Crippen LogP contribution < -0.4 is 5.32 Å². The Morgan fingerprint density at radius 1 is 1.73 bits per heavy atom. The Morgan fingerprint density at radius 3 is 2.91 bits per heavy atom. The van der Waals surface area contributed by atoms with Crippen LogP contribution in [0.1, 0.15) is 11.9 Å². The summed E-state index contributed by atoms with van der Waals surface area (Å²) in [6, 6.07) is 3.30. The summed E-state index contributed by atoms with van der Waals surface area (Å²) in [7, 11) is 1.70. The number of hydrogen-bond donors (Lipinski definition) is 1. The minimum absolute atomic E-state index is 0.278. The van der Waals surface area contributed by atoms with Gasteiger partial charge in [0.15, 0.2) is 10.8 Å². The first-order chi connectivity index (χ1) is 5.24. The van der Waals surface area contributed by atoms with E-state index in [1.54, 1.807) is 19.2 Å². The van der Waals surface area contributed by atoms with Crippen LogP contribution in [0.4, 0.5) is 4.39 Å². The number of hydrogen-bond acceptors (Lipinski definition) is 2. The molecule has 4 heteroatoms. The zero-order valence-corrected chi connectivity index (χ0v) is 7.69. The van der Waals surface area contributed by atoms with Gasteiger partial charge in [0.25, 0.3) is 0 Å². The summed E-state index contributed by atoms with van der Waals surface area (Å²) in [5.41, 5.74) is 0. The lowest BCUT2D eigenvalue weighted by Crippen LogP contribution is -2.13. The molecule has 1 aromatic rings. The molecule has 0 saturated carbocycles. The average Bonchev–Trinajstić information content (AvgIpc) is 2.36. The van der Waals surface area contributed by atoms with Crippen molar-refractivity contribution in [2.45, 2.75) is 6.17 Å². The molecule has 1 aromatic heterocycles. The fraction of sp³-hybridized carbons (Fsp3) is 0.429. The van der Waals surface area contributed by atoms with E-state index in [-0.39, 0.29) is 6.54 Å². The van der Waals surface area contributed by atoms with Crippen LogP contribution in [-0.4, -0.2) is 13.6 Å². The summed E-state index contributed by atoms with van der Waals surface area (Å²) in [6.07, 6.45) is -1.06. The van der Waals surface area contributed by atoms with E-state index in [9.17, 15) is 4.39 Å². The van der Waals surface area contributed by atoms with Gasteiger partial charge in [0.05, 0.1) is 0 Å². The molecule has 0 spiro atoms. The Bertz CT molecular complexity index is 226. The maximum atomic E-state index is 13.0. The maximum absolute atomic E-state index is 13.0. The molecule has 1 heterocycles. The van der Waals surface area contributed by atoms with Gasteiger partial charge in [-0.1, -0.05) is 0 Å². The number of nitrogens with one attached hydrogen (secondary N) is 1. The molecule has 11 heavy (non-hydrogen) atoms. The molecule has 0 aliphatic rings. The van der Waals surface area contributed by atoms with Crippen molar-refractivity contribution in [1.82, 2.24) is 5.32 Å². The van der Waals surface area contributed by atoms with E-state index < -0.39 is 6.17 Å². The smallest absolute Gasteiger partial charge is 0.170 e. The highest BCUT2D eigenvalue weighted by Gasteiger charge is 2.11. The zero-order chi connectivity index (χ0) is 8.27. The molecule has 1 rings (SSSR count). The molecule has 0 amide bonds. The molecule has 62 valence electrons. The van der Waals surface area contributed by atoms with Crippen molar-refractivity contribution in [3.63, 3.8) is 0 Å². The third-order valence-corrected chi connectivity index (χ3v) is 1.71. The Kier molecular flexibility index (Phi) is 3.08. The second-order valence-electron chi connectivity index (χ2n) is 2.17. The number of likely N-dealkylation sites (N-methyl/N-ethyl adjacent to an activating group) is 1. The van der Waals surface area contributed by atoms with Gasteiger partial charge in [-0.3, -0.25) is 0 Å². The highest BCUT2D eigenvalue weighted by molar-refractivity contribution is 9.10. The molecular formula is C7H9BrFNO. The largest absolute Gasteiger partial charge is 0.451 e. The molecule has 2 nitrogen and oxygen atoms in total. The molecule has 0 saturated heterocycles. The monoisotopic (exact) mass is 221 g/mol. The first-order valence-corrected chi connectivity index (χ1v) is 4.07. The summed E-state index contributed by atoms with van der Waals surface area (Å²) in [6.45, 7) is 0.278. The van der Waals surface area contributed by atoms with E-state index >= 15 is 0 Å². The molecule has 0 aliphatic heterocycles. The van der Waals surface area contributed by atoms with E-state index in [4.69, 9.17) is 4.42 Å². The Hall–Kier alpha value is -0.350. The van der Waals surface area contributed by atoms with Gasteiger partial charge in [0.2, 0.25) is 0 Å². The van der Waals surface area contributed by atoms with Crippen LogP contribution in [0.15, 0.2) is 21.2 Å². The van der Waals surface area contributed by atoms with Gasteiger partial charge in [-0.2, -0.15) is 0 Å². The SMILES string of the molecule is CNCC(F)c1ccc(Br)o1. The van der Waals surface area contributed by atoms with Gasteiger partial charge in [0, 0.05) is 6.54 Å². The van der Waals surface area contributed by atoms with Crippen LogP contribution in [0.5, 0.6) is 0 Å². The van der Waals surface area contributed by atoms with Crippen molar-refractivity contribution in [2.75, 3.05) is 13.6 Å². The van der Waals surface area contributed by atoms with Gasteiger partial charge in [-0.15, -0.1) is 0 Å². The van der Waals surface area contributed by atoms with Gasteiger partial charge in [-0.05, 0) is 35.1 Å². The van der Waals surface area contributed by atoms with Crippen LogP contribution in [-0.2, 0) is 0 Å². The van der Waals surface area contributed by atoms with Crippen molar-refractivity contribution in [2.24, 2.45) is 0 Å². The van der Waals surface area contributed by atoms with Crippen molar-refractivity contribution >= 4 is 15.9 Å². The molecule has 1 unspecified atom stereocenters. The highest BCUT2D eigenvalue weighted by atomic mass is 79.9. The lowest BCUT2D eigenvalue weighted by atomic mass is 10.3. The fourth-order valence-electron chi connectivity index (χ4n) is 0.776. The Morgan fingerprint density at radius 2 is 2.45 bits per heavy atom. The quantitative estimate of drug-likeness (QED) is 0.848. The lowest BCUT2D eigenvalue weighted by molar-refractivity contribution is 0.278. The summed E-state index contributed by atoms with van der Waals surface area (Å²) in [5.74, 6) is 0.353. The van der Waals surface area contributed by atoms with Crippen LogP contribution in [0.3, 0.4) is 0 Å². The number of halogens is 2. The molecule has 0 aromatic carbocycles. The number of rotatable bonds is 3. The second-order valence-corrected chi connectivity index (χ2v) is 2.95. The first-order valence-electron chi connectivity index (χ1n) is 3.28. The standard InChI is InChI=1S/C7H9BrFNO/c1-10-4-5(9)6-2-3-7(8)11-6/h2-3,5,10H,4H2,1H3. The molecule has 1 atom stereocenters. The van der Waals surface area contributed by atoms with Gasteiger partial charge in [-0.25, -0.2) is 4.39 Å². The molecule has 0 aliphatic carbocycles. The molecule has 0 fully saturated rings. The first kappa shape index (κ1) is 8.74. The maximum Gasteiger partial charge on any atom is 0.170 e. The van der Waals surface area contributed by atoms with E-state index in [0.717, 1.165) is 0 Å². The summed E-state index contributed by atoms with van der Waals surface area (Å²) >= 11 is 3.10. The molecule has 1 N–H and O–H groups in total. The van der Waals surface area contributed by atoms with Crippen molar-refractivity contribution in [3.05, 3.63) is 22.6 Å². The van der Waals surface area contributed by atoms with E-state index in [2.05, 4.69) is 21.2 Å². The van der Waals surface area contributed by atoms with Crippen LogP contribution >= 0.6 is 15.9 Å². The predicted octanol–water partition coefficient (Wildman–Crippen LogP) is 2.27. The van der Waals surface area contributed by atoms with Crippen molar-refractivity contribution in [1.29, 1.82) is 0 Å². The van der Waals surface area contributed by atoms with Gasteiger partial charge < -0.3 is 9.73 Å². The van der Waals surface area contributed by atoms with Crippen LogP contribution in [0.2, 0.25) is 0 Å². The van der Waals surface area contributed by atoms with Gasteiger partial charge >= 0.3 is 0 Å².